The molecule has 0 radical (unpaired) electrons. The van der Waals surface area contributed by atoms with E-state index >= 15 is 0 Å². The van der Waals surface area contributed by atoms with E-state index in [2.05, 4.69) is 50.4 Å². The Balaban J connectivity index is 3.07. The summed E-state index contributed by atoms with van der Waals surface area (Å²) in [6.07, 6.45) is 4.43. The van der Waals surface area contributed by atoms with Crippen molar-refractivity contribution in [2.45, 2.75) is 40.0 Å². The molecule has 148 valence electrons. The maximum absolute atomic E-state index is 6.03. The molecule has 0 saturated heterocycles. The zero-order valence-corrected chi connectivity index (χ0v) is 18.9. The first kappa shape index (κ1) is 23.5. The van der Waals surface area contributed by atoms with E-state index in [-0.39, 0.29) is 0 Å². The first-order valence-electron chi connectivity index (χ1n) is 9.07. The van der Waals surface area contributed by atoms with Crippen molar-refractivity contribution in [1.29, 1.82) is 0 Å². The summed E-state index contributed by atoms with van der Waals surface area (Å²) in [7, 11) is 0. The van der Waals surface area contributed by atoms with Gasteiger partial charge in [-0.1, -0.05) is 47.1 Å². The predicted octanol–water partition coefficient (Wildman–Crippen LogP) is 6.25. The number of allylic oxidation sites excluding steroid dienone is 2. The Labute approximate surface area is 176 Å². The van der Waals surface area contributed by atoms with Gasteiger partial charge in [0.05, 0.1) is 12.2 Å². The van der Waals surface area contributed by atoms with Gasteiger partial charge < -0.3 is 9.46 Å². The molecule has 1 rings (SSSR count). The zero-order chi connectivity index (χ0) is 20.1. The molecule has 0 heterocycles. The number of rotatable bonds is 12. The average Bonchev–Trinajstić information content (AvgIpc) is 2.64. The zero-order valence-electron chi connectivity index (χ0n) is 16.5. The summed E-state index contributed by atoms with van der Waals surface area (Å²) in [6.45, 7) is 15.4. The Hall–Kier alpha value is -1.50. The van der Waals surface area contributed by atoms with Crippen LogP contribution in [0.2, 0.25) is 0 Å². The third-order valence-electron chi connectivity index (χ3n) is 3.55. The van der Waals surface area contributed by atoms with Crippen molar-refractivity contribution >= 4 is 39.5 Å². The van der Waals surface area contributed by atoms with Gasteiger partial charge in [0, 0.05) is 35.0 Å². The monoisotopic (exact) mass is 451 g/mol. The van der Waals surface area contributed by atoms with E-state index in [1.165, 1.54) is 18.3 Å². The van der Waals surface area contributed by atoms with Crippen LogP contribution in [0.15, 0.2) is 64.4 Å². The highest BCUT2D eigenvalue weighted by Crippen LogP contribution is 2.24. The molecule has 0 bridgehead atoms. The van der Waals surface area contributed by atoms with Crippen molar-refractivity contribution in [1.82, 2.24) is 9.44 Å². The Morgan fingerprint density at radius 2 is 2.00 bits per heavy atom. The van der Waals surface area contributed by atoms with Gasteiger partial charge in [-0.25, -0.2) is 9.71 Å². The fourth-order valence-electron chi connectivity index (χ4n) is 2.23. The molecule has 2 N–H and O–H groups in total. The number of nitrogens with zero attached hydrogens (tertiary/aromatic N) is 1. The maximum atomic E-state index is 6.03. The topological polar surface area (TPSA) is 45.6 Å². The molecule has 0 atom stereocenters. The van der Waals surface area contributed by atoms with Crippen LogP contribution >= 0.6 is 28.1 Å². The number of aliphatic imine (C=N–C) groups is 1. The summed E-state index contributed by atoms with van der Waals surface area (Å²) in [5, 5.41) is 0. The van der Waals surface area contributed by atoms with Gasteiger partial charge in [-0.15, -0.1) is 6.58 Å². The molecule has 0 amide bonds. The molecular weight excluding hydrogens is 422 g/mol. The smallest absolute Gasteiger partial charge is 0.223 e. The Bertz CT molecular complexity index is 669. The quantitative estimate of drug-likeness (QED) is 0.129. The fourth-order valence-corrected chi connectivity index (χ4v) is 3.13. The first-order chi connectivity index (χ1) is 13.0. The lowest BCUT2D eigenvalue weighted by Crippen LogP contribution is -2.18. The van der Waals surface area contributed by atoms with E-state index in [1.54, 1.807) is 0 Å². The van der Waals surface area contributed by atoms with Crippen LogP contribution in [0, 0.1) is 0 Å². The molecule has 1 aromatic carbocycles. The van der Waals surface area contributed by atoms with Crippen LogP contribution in [0.1, 0.15) is 45.6 Å². The third kappa shape index (κ3) is 9.31. The predicted molar refractivity (Wildman–Crippen MR) is 123 cm³/mol. The highest BCUT2D eigenvalue weighted by atomic mass is 79.9. The van der Waals surface area contributed by atoms with Crippen LogP contribution in [0.25, 0.3) is 5.57 Å². The summed E-state index contributed by atoms with van der Waals surface area (Å²) < 4.78 is 13.7. The molecule has 0 aliphatic carbocycles. The molecule has 0 unspecified atom stereocenters. The Kier molecular flexibility index (Phi) is 11.9. The summed E-state index contributed by atoms with van der Waals surface area (Å²) in [5.74, 6) is 0.565. The van der Waals surface area contributed by atoms with Crippen molar-refractivity contribution in [3.63, 3.8) is 0 Å². The highest BCUT2D eigenvalue weighted by molar-refractivity contribution is 9.10. The number of hydrogen-bond acceptors (Lipinski definition) is 5. The van der Waals surface area contributed by atoms with Crippen molar-refractivity contribution in [3.8, 4) is 0 Å². The lowest BCUT2D eigenvalue weighted by Gasteiger charge is -2.17. The molecule has 0 saturated carbocycles. The van der Waals surface area contributed by atoms with Crippen molar-refractivity contribution in [2.24, 2.45) is 4.99 Å². The molecular formula is C21H30BrN3OS. The largest absolute Gasteiger partial charge is 0.477 e. The molecule has 0 aliphatic heterocycles. The van der Waals surface area contributed by atoms with E-state index < -0.39 is 0 Å². The minimum atomic E-state index is 0.565. The van der Waals surface area contributed by atoms with Crippen LogP contribution in [0.5, 0.6) is 0 Å². The summed E-state index contributed by atoms with van der Waals surface area (Å²) in [6, 6.07) is 8.12. The molecule has 0 aromatic heterocycles. The fraction of sp³-hybridized carbons (Fsp3) is 0.381. The second-order valence-electron chi connectivity index (χ2n) is 6.13. The molecule has 4 nitrogen and oxygen atoms in total. The van der Waals surface area contributed by atoms with Gasteiger partial charge in [0.1, 0.15) is 0 Å². The molecule has 27 heavy (non-hydrogen) atoms. The maximum Gasteiger partial charge on any atom is 0.223 e. The number of hydrogen-bond donors (Lipinski definition) is 2. The first-order valence-corrected chi connectivity index (χ1v) is 10.7. The summed E-state index contributed by atoms with van der Waals surface area (Å²) >= 11 is 4.96. The van der Waals surface area contributed by atoms with E-state index in [9.17, 15) is 0 Å². The van der Waals surface area contributed by atoms with Gasteiger partial charge in [0.2, 0.25) is 5.90 Å². The third-order valence-corrected chi connectivity index (χ3v) is 4.83. The molecule has 0 fully saturated rings. The van der Waals surface area contributed by atoms with E-state index in [4.69, 9.17) is 4.74 Å². The normalized spacial score (nSPS) is 12.4. The number of ether oxygens (including phenoxy) is 1. The second kappa shape index (κ2) is 13.6. The number of benzene rings is 1. The Morgan fingerprint density at radius 3 is 2.59 bits per heavy atom. The SMILES string of the molecule is C=C/N=C(OCCCC(=C)C)\C(=C(/C)NSNCCC)c1ccc(Br)cc1. The van der Waals surface area contributed by atoms with Crippen LogP contribution in [0.4, 0.5) is 0 Å². The minimum Gasteiger partial charge on any atom is -0.477 e. The van der Waals surface area contributed by atoms with E-state index in [1.807, 2.05) is 38.1 Å². The highest BCUT2D eigenvalue weighted by Gasteiger charge is 2.15. The average molecular weight is 452 g/mol. The minimum absolute atomic E-state index is 0.565. The molecule has 6 heteroatoms. The summed E-state index contributed by atoms with van der Waals surface area (Å²) in [4.78, 5) is 4.40. The molecule has 1 aromatic rings. The number of halogens is 1. The van der Waals surface area contributed by atoms with Crippen LogP contribution in [0.3, 0.4) is 0 Å². The lowest BCUT2D eigenvalue weighted by atomic mass is 10.0. The van der Waals surface area contributed by atoms with Crippen molar-refractivity contribution in [3.05, 3.63) is 64.9 Å². The van der Waals surface area contributed by atoms with Gasteiger partial charge in [-0.2, -0.15) is 0 Å². The standard InChI is InChI=1S/C21H30BrN3OS/c1-6-14-24-27-25-17(5)20(18-10-12-19(22)13-11-18)21(23-7-2)26-15-8-9-16(3)4/h7,10-13,24-25H,2-3,6,8-9,14-15H2,1,4-5H3/b20-17+,23-21+. The van der Waals surface area contributed by atoms with Gasteiger partial charge in [-0.05, 0) is 50.8 Å². The van der Waals surface area contributed by atoms with E-state index in [0.29, 0.717) is 12.5 Å². The molecule has 0 aliphatic rings. The second-order valence-corrected chi connectivity index (χ2v) is 7.74. The van der Waals surface area contributed by atoms with Crippen molar-refractivity contribution < 1.29 is 4.74 Å². The van der Waals surface area contributed by atoms with Crippen LogP contribution in [-0.4, -0.2) is 19.0 Å². The Morgan fingerprint density at radius 1 is 1.30 bits per heavy atom. The van der Waals surface area contributed by atoms with Crippen molar-refractivity contribution in [2.75, 3.05) is 13.2 Å². The molecule has 0 spiro atoms. The van der Waals surface area contributed by atoms with Gasteiger partial charge >= 0.3 is 0 Å². The van der Waals surface area contributed by atoms with Gasteiger partial charge in [0.15, 0.2) is 0 Å². The number of nitrogens with one attached hydrogen (secondary N) is 2. The van der Waals surface area contributed by atoms with Crippen LogP contribution < -0.4 is 9.44 Å². The summed E-state index contributed by atoms with van der Waals surface area (Å²) in [5.41, 5.74) is 4.07. The van der Waals surface area contributed by atoms with Gasteiger partial charge in [-0.3, -0.25) is 0 Å². The van der Waals surface area contributed by atoms with Crippen LogP contribution in [-0.2, 0) is 4.74 Å². The van der Waals surface area contributed by atoms with E-state index in [0.717, 1.165) is 52.7 Å². The lowest BCUT2D eigenvalue weighted by molar-refractivity contribution is 0.302. The van der Waals surface area contributed by atoms with Gasteiger partial charge in [0.25, 0.3) is 0 Å².